The van der Waals surface area contributed by atoms with Crippen LogP contribution in [-0.4, -0.2) is 0 Å². The lowest BCUT2D eigenvalue weighted by atomic mass is 9.92. The molecule has 0 bridgehead atoms. The largest absolute Gasteiger partial charge is 0.0654 e. The van der Waals surface area contributed by atoms with E-state index in [9.17, 15) is 0 Å². The van der Waals surface area contributed by atoms with Crippen molar-refractivity contribution < 1.29 is 0 Å². The van der Waals surface area contributed by atoms with Gasteiger partial charge in [-0.25, -0.2) is 0 Å². The molecule has 0 nitrogen and oxygen atoms in total. The predicted octanol–water partition coefficient (Wildman–Crippen LogP) is 9.06. The summed E-state index contributed by atoms with van der Waals surface area (Å²) < 4.78 is 0. The Morgan fingerprint density at radius 1 is 0.533 bits per heavy atom. The average molecular weight is 391 g/mol. The first-order chi connectivity index (χ1) is 14.9. The minimum absolute atomic E-state index is 1.20. The highest BCUT2D eigenvalue weighted by Gasteiger charge is 2.23. The third kappa shape index (κ3) is 3.45. The molecule has 0 heterocycles. The summed E-state index contributed by atoms with van der Waals surface area (Å²) in [6, 6.07) is 29.5. The lowest BCUT2D eigenvalue weighted by Gasteiger charge is -2.11. The van der Waals surface area contributed by atoms with Crippen molar-refractivity contribution in [1.29, 1.82) is 0 Å². The second-order valence-corrected chi connectivity index (χ2v) is 8.65. The van der Waals surface area contributed by atoms with E-state index >= 15 is 0 Å². The molecule has 0 heteroatoms. The van der Waals surface area contributed by atoms with Crippen LogP contribution in [0.25, 0.3) is 44.2 Å². The SMILES string of the molecule is CCCCCCCCc1ccc(-c2ccc3cccc4c3c2-c2ccccc2-4)cc1. The summed E-state index contributed by atoms with van der Waals surface area (Å²) in [5.41, 5.74) is 9.66. The number of fused-ring (bicyclic) bond motifs is 3. The van der Waals surface area contributed by atoms with E-state index in [1.54, 1.807) is 0 Å². The van der Waals surface area contributed by atoms with Gasteiger partial charge in [-0.15, -0.1) is 0 Å². The van der Waals surface area contributed by atoms with E-state index in [4.69, 9.17) is 0 Å². The molecule has 1 aliphatic rings. The van der Waals surface area contributed by atoms with Gasteiger partial charge < -0.3 is 0 Å². The van der Waals surface area contributed by atoms with Crippen molar-refractivity contribution in [2.75, 3.05) is 0 Å². The van der Waals surface area contributed by atoms with Crippen molar-refractivity contribution in [2.45, 2.75) is 51.9 Å². The Morgan fingerprint density at radius 2 is 1.27 bits per heavy atom. The summed E-state index contributed by atoms with van der Waals surface area (Å²) in [5, 5.41) is 2.74. The molecule has 0 spiro atoms. The number of hydrogen-bond acceptors (Lipinski definition) is 0. The third-order valence-electron chi connectivity index (χ3n) is 6.62. The molecule has 30 heavy (non-hydrogen) atoms. The molecule has 0 fully saturated rings. The van der Waals surface area contributed by atoms with Gasteiger partial charge in [0.1, 0.15) is 0 Å². The Bertz CT molecular complexity index is 1160. The number of benzene rings is 4. The number of hydrogen-bond donors (Lipinski definition) is 0. The lowest BCUT2D eigenvalue weighted by molar-refractivity contribution is 0.607. The van der Waals surface area contributed by atoms with Gasteiger partial charge in [-0.05, 0) is 62.6 Å². The Balaban J connectivity index is 1.43. The smallest absolute Gasteiger partial charge is 0.00143 e. The maximum absolute atomic E-state index is 2.34. The molecule has 4 aromatic carbocycles. The van der Waals surface area contributed by atoms with Crippen LogP contribution in [0.2, 0.25) is 0 Å². The van der Waals surface area contributed by atoms with Crippen LogP contribution >= 0.6 is 0 Å². The van der Waals surface area contributed by atoms with E-state index in [1.165, 1.54) is 94.7 Å². The maximum Gasteiger partial charge on any atom is -0.00143 e. The first-order valence-corrected chi connectivity index (χ1v) is 11.6. The minimum atomic E-state index is 1.20. The fourth-order valence-corrected chi connectivity index (χ4v) is 5.02. The first kappa shape index (κ1) is 19.1. The molecule has 1 aliphatic carbocycles. The van der Waals surface area contributed by atoms with Crippen molar-refractivity contribution >= 4 is 10.8 Å². The van der Waals surface area contributed by atoms with E-state index in [-0.39, 0.29) is 0 Å². The van der Waals surface area contributed by atoms with E-state index in [0.717, 1.165) is 0 Å². The molecule has 0 radical (unpaired) electrons. The molecule has 5 rings (SSSR count). The number of rotatable bonds is 8. The molecule has 150 valence electrons. The van der Waals surface area contributed by atoms with Gasteiger partial charge in [0, 0.05) is 0 Å². The van der Waals surface area contributed by atoms with E-state index < -0.39 is 0 Å². The summed E-state index contributed by atoms with van der Waals surface area (Å²) in [4.78, 5) is 0. The van der Waals surface area contributed by atoms with Crippen LogP contribution in [0.3, 0.4) is 0 Å². The Labute approximate surface area is 180 Å². The highest BCUT2D eigenvalue weighted by atomic mass is 14.3. The van der Waals surface area contributed by atoms with Gasteiger partial charge in [-0.3, -0.25) is 0 Å². The van der Waals surface area contributed by atoms with Gasteiger partial charge in [0.25, 0.3) is 0 Å². The van der Waals surface area contributed by atoms with Crippen LogP contribution in [0.4, 0.5) is 0 Å². The summed E-state index contributed by atoms with van der Waals surface area (Å²) in [5.74, 6) is 0. The van der Waals surface area contributed by atoms with Gasteiger partial charge in [0.05, 0.1) is 0 Å². The molecule has 0 atom stereocenters. The lowest BCUT2D eigenvalue weighted by Crippen LogP contribution is -1.88. The molecule has 0 aromatic heterocycles. The Morgan fingerprint density at radius 3 is 2.10 bits per heavy atom. The zero-order valence-corrected chi connectivity index (χ0v) is 18.0. The van der Waals surface area contributed by atoms with E-state index in [0.29, 0.717) is 0 Å². The normalized spacial score (nSPS) is 11.8. The second-order valence-electron chi connectivity index (χ2n) is 8.65. The predicted molar refractivity (Wildman–Crippen MR) is 131 cm³/mol. The van der Waals surface area contributed by atoms with Gasteiger partial charge in [0.15, 0.2) is 0 Å². The minimum Gasteiger partial charge on any atom is -0.0654 e. The van der Waals surface area contributed by atoms with Crippen LogP contribution < -0.4 is 0 Å². The molecule has 0 saturated carbocycles. The van der Waals surface area contributed by atoms with Crippen molar-refractivity contribution in [3.05, 3.63) is 84.4 Å². The molecular formula is C30H30. The molecule has 0 amide bonds. The Hall–Kier alpha value is -2.86. The van der Waals surface area contributed by atoms with Crippen molar-refractivity contribution in [3.8, 4) is 33.4 Å². The number of aryl methyl sites for hydroxylation is 1. The molecule has 4 aromatic rings. The molecule has 0 N–H and O–H groups in total. The summed E-state index contributed by atoms with van der Waals surface area (Å²) in [7, 11) is 0. The third-order valence-corrected chi connectivity index (χ3v) is 6.62. The zero-order valence-electron chi connectivity index (χ0n) is 18.0. The van der Waals surface area contributed by atoms with Gasteiger partial charge in [0.2, 0.25) is 0 Å². The average Bonchev–Trinajstić information content (AvgIpc) is 3.14. The topological polar surface area (TPSA) is 0 Å². The standard InChI is InChI=1S/C30H30/c1-2-3-4-5-6-7-11-22-16-18-23(19-17-22)25-21-20-24-12-10-15-27-26-13-8-9-14-28(26)30(25)29(24)27/h8-10,12-21H,2-7,11H2,1H3. The van der Waals surface area contributed by atoms with Gasteiger partial charge >= 0.3 is 0 Å². The first-order valence-electron chi connectivity index (χ1n) is 11.6. The van der Waals surface area contributed by atoms with Crippen molar-refractivity contribution in [3.63, 3.8) is 0 Å². The van der Waals surface area contributed by atoms with Crippen LogP contribution in [-0.2, 0) is 6.42 Å². The summed E-state index contributed by atoms with van der Waals surface area (Å²) >= 11 is 0. The van der Waals surface area contributed by atoms with Crippen molar-refractivity contribution in [1.82, 2.24) is 0 Å². The van der Waals surface area contributed by atoms with E-state index in [2.05, 4.69) is 85.8 Å². The highest BCUT2D eigenvalue weighted by Crippen LogP contribution is 2.50. The van der Waals surface area contributed by atoms with E-state index in [1.807, 2.05) is 0 Å². The molecular weight excluding hydrogens is 360 g/mol. The Kier molecular flexibility index (Phi) is 5.41. The van der Waals surface area contributed by atoms with Crippen LogP contribution in [0.1, 0.15) is 51.0 Å². The molecule has 0 unspecified atom stereocenters. The maximum atomic E-state index is 2.34. The summed E-state index contributed by atoms with van der Waals surface area (Å²) in [6.45, 7) is 2.28. The second kappa shape index (κ2) is 8.48. The fraction of sp³-hybridized carbons (Fsp3) is 0.267. The molecule has 0 aliphatic heterocycles. The number of unbranched alkanes of at least 4 members (excludes halogenated alkanes) is 5. The fourth-order valence-electron chi connectivity index (χ4n) is 5.02. The van der Waals surface area contributed by atoms with Crippen molar-refractivity contribution in [2.24, 2.45) is 0 Å². The quantitative estimate of drug-likeness (QED) is 0.232. The van der Waals surface area contributed by atoms with Gasteiger partial charge in [-0.1, -0.05) is 118 Å². The monoisotopic (exact) mass is 390 g/mol. The molecule has 0 saturated heterocycles. The summed E-state index contributed by atoms with van der Waals surface area (Å²) in [6.07, 6.45) is 9.34. The van der Waals surface area contributed by atoms with Crippen LogP contribution in [0.5, 0.6) is 0 Å². The van der Waals surface area contributed by atoms with Crippen LogP contribution in [0, 0.1) is 0 Å². The van der Waals surface area contributed by atoms with Crippen LogP contribution in [0.15, 0.2) is 78.9 Å². The zero-order chi connectivity index (χ0) is 20.3. The highest BCUT2D eigenvalue weighted by molar-refractivity contribution is 6.19. The van der Waals surface area contributed by atoms with Gasteiger partial charge in [-0.2, -0.15) is 0 Å².